The Morgan fingerprint density at radius 1 is 1.12 bits per heavy atom. The Balaban J connectivity index is 1.32. The van der Waals surface area contributed by atoms with Crippen molar-refractivity contribution in [3.8, 4) is 0 Å². The second kappa shape index (κ2) is 7.25. The molecule has 0 unspecified atom stereocenters. The van der Waals surface area contributed by atoms with Gasteiger partial charge in [-0.2, -0.15) is 0 Å². The highest BCUT2D eigenvalue weighted by molar-refractivity contribution is 5.79. The van der Waals surface area contributed by atoms with E-state index in [2.05, 4.69) is 4.90 Å². The summed E-state index contributed by atoms with van der Waals surface area (Å²) in [5.41, 5.74) is 0.000236. The lowest BCUT2D eigenvalue weighted by atomic mass is 9.93. The first kappa shape index (κ1) is 17.3. The van der Waals surface area contributed by atoms with Crippen LogP contribution < -0.4 is 0 Å². The summed E-state index contributed by atoms with van der Waals surface area (Å²) < 4.78 is 5.41. The van der Waals surface area contributed by atoms with Gasteiger partial charge in [0.2, 0.25) is 5.91 Å². The number of piperidine rings is 1. The van der Waals surface area contributed by atoms with Gasteiger partial charge in [-0.1, -0.05) is 30.3 Å². The molecule has 3 heterocycles. The first-order chi connectivity index (χ1) is 12.6. The highest BCUT2D eigenvalue weighted by Gasteiger charge is 2.41. The van der Waals surface area contributed by atoms with Crippen molar-refractivity contribution >= 4 is 5.91 Å². The zero-order valence-electron chi connectivity index (χ0n) is 15.0. The molecule has 26 heavy (non-hydrogen) atoms. The molecular weight excluding hydrogens is 328 g/mol. The summed E-state index contributed by atoms with van der Waals surface area (Å²) in [6.07, 6.45) is 4.06. The molecule has 1 aromatic carbocycles. The third-order valence-electron chi connectivity index (χ3n) is 5.77. The van der Waals surface area contributed by atoms with Crippen molar-refractivity contribution < 1.29 is 14.3 Å². The number of rotatable bonds is 4. The molecule has 1 atom stereocenters. The molecule has 2 aliphatic heterocycles. The van der Waals surface area contributed by atoms with E-state index < -0.39 is 5.60 Å². The van der Waals surface area contributed by atoms with E-state index in [4.69, 9.17) is 4.42 Å². The Morgan fingerprint density at radius 2 is 1.88 bits per heavy atom. The molecule has 138 valence electrons. The van der Waals surface area contributed by atoms with Crippen molar-refractivity contribution in [3.63, 3.8) is 0 Å². The minimum Gasteiger partial charge on any atom is -0.468 e. The van der Waals surface area contributed by atoms with Crippen LogP contribution in [-0.2, 0) is 16.9 Å². The first-order valence-electron chi connectivity index (χ1n) is 9.45. The van der Waals surface area contributed by atoms with Gasteiger partial charge in [-0.15, -0.1) is 0 Å². The standard InChI is InChI=1S/C21H26N2O3/c24-20(17-8-11-22(12-9-17)15-19-7-4-14-26-19)23-13-10-21(25,16-23)18-5-2-1-3-6-18/h1-7,14,17,25H,8-13,15-16H2/t21-/m1/s1. The number of hydrogen-bond donors (Lipinski definition) is 1. The van der Waals surface area contributed by atoms with Crippen LogP contribution in [0.5, 0.6) is 0 Å². The Labute approximate surface area is 154 Å². The maximum atomic E-state index is 12.9. The van der Waals surface area contributed by atoms with E-state index >= 15 is 0 Å². The molecule has 0 spiro atoms. The van der Waals surface area contributed by atoms with E-state index in [1.807, 2.05) is 47.4 Å². The lowest BCUT2D eigenvalue weighted by Crippen LogP contribution is -2.42. The predicted molar refractivity (Wildman–Crippen MR) is 98.2 cm³/mol. The van der Waals surface area contributed by atoms with Crippen LogP contribution in [0.3, 0.4) is 0 Å². The molecule has 2 aromatic rings. The molecule has 5 heteroatoms. The Bertz CT molecular complexity index is 723. The summed E-state index contributed by atoms with van der Waals surface area (Å²) >= 11 is 0. The van der Waals surface area contributed by atoms with E-state index in [0.717, 1.165) is 43.8 Å². The summed E-state index contributed by atoms with van der Waals surface area (Å²) in [7, 11) is 0. The van der Waals surface area contributed by atoms with Crippen LogP contribution in [0.25, 0.3) is 0 Å². The van der Waals surface area contributed by atoms with Gasteiger partial charge in [0.15, 0.2) is 0 Å². The second-order valence-electron chi connectivity index (χ2n) is 7.54. The van der Waals surface area contributed by atoms with Gasteiger partial charge < -0.3 is 14.4 Å². The number of carbonyl (C=O) groups is 1. The van der Waals surface area contributed by atoms with E-state index in [0.29, 0.717) is 19.5 Å². The molecule has 2 aliphatic rings. The summed E-state index contributed by atoms with van der Waals surface area (Å²) in [5.74, 6) is 1.25. The van der Waals surface area contributed by atoms with Crippen molar-refractivity contribution in [1.82, 2.24) is 9.80 Å². The third kappa shape index (κ3) is 3.55. The smallest absolute Gasteiger partial charge is 0.225 e. The monoisotopic (exact) mass is 354 g/mol. The lowest BCUT2D eigenvalue weighted by molar-refractivity contribution is -0.137. The fraction of sp³-hybridized carbons (Fsp3) is 0.476. The number of furan rings is 1. The van der Waals surface area contributed by atoms with Gasteiger partial charge in [-0.3, -0.25) is 9.69 Å². The van der Waals surface area contributed by atoms with Crippen LogP contribution in [-0.4, -0.2) is 47.0 Å². The number of amides is 1. The van der Waals surface area contributed by atoms with Crippen LogP contribution >= 0.6 is 0 Å². The van der Waals surface area contributed by atoms with Crippen LogP contribution in [0.4, 0.5) is 0 Å². The largest absolute Gasteiger partial charge is 0.468 e. The number of benzene rings is 1. The minimum absolute atomic E-state index is 0.0703. The summed E-state index contributed by atoms with van der Waals surface area (Å²) in [4.78, 5) is 17.1. The predicted octanol–water partition coefficient (Wildman–Crippen LogP) is 2.61. The van der Waals surface area contributed by atoms with Crippen molar-refractivity contribution in [2.45, 2.75) is 31.4 Å². The van der Waals surface area contributed by atoms with Gasteiger partial charge in [0.25, 0.3) is 0 Å². The average molecular weight is 354 g/mol. The van der Waals surface area contributed by atoms with Gasteiger partial charge in [-0.05, 0) is 50.0 Å². The molecule has 1 aromatic heterocycles. The number of hydrogen-bond acceptors (Lipinski definition) is 4. The summed E-state index contributed by atoms with van der Waals surface area (Å²) in [6.45, 7) is 3.67. The minimum atomic E-state index is -0.906. The Hall–Kier alpha value is -2.11. The summed E-state index contributed by atoms with van der Waals surface area (Å²) in [6, 6.07) is 13.6. The third-order valence-corrected chi connectivity index (χ3v) is 5.77. The van der Waals surface area contributed by atoms with Crippen molar-refractivity contribution in [3.05, 3.63) is 60.1 Å². The lowest BCUT2D eigenvalue weighted by Gasteiger charge is -2.33. The zero-order chi connectivity index (χ0) is 18.0. The fourth-order valence-corrected chi connectivity index (χ4v) is 4.19. The van der Waals surface area contributed by atoms with E-state index in [1.54, 1.807) is 6.26 Å². The maximum Gasteiger partial charge on any atom is 0.225 e. The van der Waals surface area contributed by atoms with Crippen molar-refractivity contribution in [2.24, 2.45) is 5.92 Å². The molecule has 0 radical (unpaired) electrons. The molecular formula is C21H26N2O3. The maximum absolute atomic E-state index is 12.9. The van der Waals surface area contributed by atoms with Crippen LogP contribution in [0.15, 0.2) is 53.1 Å². The Kier molecular flexibility index (Phi) is 4.83. The molecule has 0 saturated carbocycles. The number of carbonyl (C=O) groups excluding carboxylic acids is 1. The fourth-order valence-electron chi connectivity index (χ4n) is 4.19. The van der Waals surface area contributed by atoms with Gasteiger partial charge in [0, 0.05) is 12.5 Å². The highest BCUT2D eigenvalue weighted by Crippen LogP contribution is 2.33. The molecule has 1 N–H and O–H groups in total. The van der Waals surface area contributed by atoms with E-state index in [-0.39, 0.29) is 11.8 Å². The zero-order valence-corrected chi connectivity index (χ0v) is 15.0. The normalized spacial score (nSPS) is 24.9. The number of likely N-dealkylation sites (tertiary alicyclic amines) is 2. The quantitative estimate of drug-likeness (QED) is 0.917. The molecule has 0 bridgehead atoms. The van der Waals surface area contributed by atoms with Gasteiger partial charge in [-0.25, -0.2) is 0 Å². The highest BCUT2D eigenvalue weighted by atomic mass is 16.3. The topological polar surface area (TPSA) is 56.9 Å². The van der Waals surface area contributed by atoms with Gasteiger partial charge in [0.1, 0.15) is 11.4 Å². The van der Waals surface area contributed by atoms with Crippen LogP contribution in [0.2, 0.25) is 0 Å². The van der Waals surface area contributed by atoms with Crippen LogP contribution in [0.1, 0.15) is 30.6 Å². The molecule has 2 fully saturated rings. The first-order valence-corrected chi connectivity index (χ1v) is 9.45. The Morgan fingerprint density at radius 3 is 2.58 bits per heavy atom. The number of β-amino-alcohol motifs (C(OH)–C–C–N with tert-alkyl or cyclic N) is 1. The van der Waals surface area contributed by atoms with E-state index in [9.17, 15) is 9.90 Å². The second-order valence-corrected chi connectivity index (χ2v) is 7.54. The van der Waals surface area contributed by atoms with Crippen LogP contribution in [0, 0.1) is 5.92 Å². The molecule has 2 saturated heterocycles. The number of nitrogens with zero attached hydrogens (tertiary/aromatic N) is 2. The molecule has 4 rings (SSSR count). The number of aliphatic hydroxyl groups is 1. The van der Waals surface area contributed by atoms with Gasteiger partial charge >= 0.3 is 0 Å². The van der Waals surface area contributed by atoms with Crippen molar-refractivity contribution in [1.29, 1.82) is 0 Å². The molecule has 1 amide bonds. The molecule has 5 nitrogen and oxygen atoms in total. The van der Waals surface area contributed by atoms with Crippen molar-refractivity contribution in [2.75, 3.05) is 26.2 Å². The average Bonchev–Trinajstić information content (AvgIpc) is 3.33. The molecule has 0 aliphatic carbocycles. The summed E-state index contributed by atoms with van der Waals surface area (Å²) in [5, 5.41) is 11.0. The van der Waals surface area contributed by atoms with E-state index in [1.165, 1.54) is 0 Å². The van der Waals surface area contributed by atoms with Gasteiger partial charge in [0.05, 0.1) is 19.4 Å². The SMILES string of the molecule is O=C(C1CCN(Cc2ccco2)CC1)N1CC[C@](O)(c2ccccc2)C1.